The molecule has 0 unspecified atom stereocenters. The van der Waals surface area contributed by atoms with Crippen molar-refractivity contribution in [2.45, 2.75) is 6.92 Å². The van der Waals surface area contributed by atoms with Crippen molar-refractivity contribution in [2.75, 3.05) is 30.6 Å². The Bertz CT molecular complexity index is 965. The molecule has 0 radical (unpaired) electrons. The van der Waals surface area contributed by atoms with Gasteiger partial charge in [0.2, 0.25) is 0 Å². The van der Waals surface area contributed by atoms with E-state index in [9.17, 15) is 0 Å². The van der Waals surface area contributed by atoms with Gasteiger partial charge in [-0.25, -0.2) is 9.97 Å². The molecule has 0 bridgehead atoms. The van der Waals surface area contributed by atoms with Gasteiger partial charge in [-0.2, -0.15) is 0 Å². The molecule has 1 aromatic heterocycles. The van der Waals surface area contributed by atoms with Crippen LogP contribution in [0.2, 0.25) is 5.02 Å². The molecule has 0 aliphatic heterocycles. The number of methoxy groups -OCH3 is 2. The summed E-state index contributed by atoms with van der Waals surface area (Å²) in [6.07, 6.45) is 1.42. The van der Waals surface area contributed by atoms with Crippen molar-refractivity contribution in [1.29, 1.82) is 0 Å². The van der Waals surface area contributed by atoms with Gasteiger partial charge in [-0.3, -0.25) is 0 Å². The van der Waals surface area contributed by atoms with Crippen molar-refractivity contribution < 1.29 is 9.47 Å². The van der Waals surface area contributed by atoms with E-state index in [0.29, 0.717) is 39.5 Å². The average molecular weight is 386 g/mol. The molecule has 0 amide bonds. The van der Waals surface area contributed by atoms with Gasteiger partial charge in [0.1, 0.15) is 23.5 Å². The Kier molecular flexibility index (Phi) is 5.52. The molecule has 0 aliphatic carbocycles. The Morgan fingerprint density at radius 1 is 0.963 bits per heavy atom. The van der Waals surface area contributed by atoms with Crippen LogP contribution in [0.5, 0.6) is 11.5 Å². The molecule has 8 heteroatoms. The van der Waals surface area contributed by atoms with Gasteiger partial charge in [-0.15, -0.1) is 0 Å². The van der Waals surface area contributed by atoms with E-state index in [1.165, 1.54) is 6.33 Å². The maximum atomic E-state index is 6.27. The van der Waals surface area contributed by atoms with Crippen LogP contribution < -0.4 is 25.8 Å². The lowest BCUT2D eigenvalue weighted by Crippen LogP contribution is -2.06. The monoisotopic (exact) mass is 385 g/mol. The number of aromatic nitrogens is 2. The first-order valence-corrected chi connectivity index (χ1v) is 8.53. The number of nitrogens with one attached hydrogen (secondary N) is 2. The maximum absolute atomic E-state index is 6.27. The standard InChI is InChI=1S/C19H20ClN5O2/c1-11-13(20)5-4-6-14(11)24-18-17(21)19(23-10-22-18)25-15-9-12(26-2)7-8-16(15)27-3/h4-10H,21H2,1-3H3,(H2,22,23,24,25). The lowest BCUT2D eigenvalue weighted by molar-refractivity contribution is 0.405. The third kappa shape index (κ3) is 3.98. The van der Waals surface area contributed by atoms with Gasteiger partial charge in [0.05, 0.1) is 19.9 Å². The minimum absolute atomic E-state index is 0.363. The van der Waals surface area contributed by atoms with E-state index >= 15 is 0 Å². The first kappa shape index (κ1) is 18.6. The molecule has 0 spiro atoms. The number of ether oxygens (including phenoxy) is 2. The van der Waals surface area contributed by atoms with Gasteiger partial charge in [0.25, 0.3) is 0 Å². The Morgan fingerprint density at radius 2 is 1.67 bits per heavy atom. The van der Waals surface area contributed by atoms with Crippen LogP contribution in [0, 0.1) is 6.92 Å². The molecule has 0 saturated carbocycles. The zero-order chi connectivity index (χ0) is 19.4. The van der Waals surface area contributed by atoms with Crippen molar-refractivity contribution in [3.05, 3.63) is 53.3 Å². The number of rotatable bonds is 6. The lowest BCUT2D eigenvalue weighted by Gasteiger charge is -2.16. The molecule has 140 valence electrons. The predicted octanol–water partition coefficient (Wildman–Crippen LogP) is 4.53. The fourth-order valence-corrected chi connectivity index (χ4v) is 2.68. The number of anilines is 5. The summed E-state index contributed by atoms with van der Waals surface area (Å²) < 4.78 is 10.6. The van der Waals surface area contributed by atoms with Crippen LogP contribution in [0.3, 0.4) is 0 Å². The molecule has 0 saturated heterocycles. The SMILES string of the molecule is COc1ccc(OC)c(Nc2ncnc(Nc3cccc(Cl)c3C)c2N)c1. The Hall–Kier alpha value is -3.19. The van der Waals surface area contributed by atoms with E-state index in [2.05, 4.69) is 20.6 Å². The van der Waals surface area contributed by atoms with E-state index in [0.717, 1.165) is 11.3 Å². The van der Waals surface area contributed by atoms with Gasteiger partial charge in [-0.1, -0.05) is 17.7 Å². The summed E-state index contributed by atoms with van der Waals surface area (Å²) in [7, 11) is 3.19. The van der Waals surface area contributed by atoms with Crippen LogP contribution in [0.1, 0.15) is 5.56 Å². The zero-order valence-electron chi connectivity index (χ0n) is 15.2. The van der Waals surface area contributed by atoms with Gasteiger partial charge in [0, 0.05) is 16.8 Å². The lowest BCUT2D eigenvalue weighted by atomic mass is 10.2. The molecule has 0 fully saturated rings. The van der Waals surface area contributed by atoms with Crippen molar-refractivity contribution in [1.82, 2.24) is 9.97 Å². The number of benzene rings is 2. The highest BCUT2D eigenvalue weighted by Crippen LogP contribution is 2.35. The summed E-state index contributed by atoms with van der Waals surface area (Å²) >= 11 is 6.18. The van der Waals surface area contributed by atoms with Gasteiger partial charge in [-0.05, 0) is 36.8 Å². The molecular formula is C19H20ClN5O2. The van der Waals surface area contributed by atoms with Crippen LogP contribution in [0.15, 0.2) is 42.7 Å². The van der Waals surface area contributed by atoms with Crippen LogP contribution in [-0.2, 0) is 0 Å². The van der Waals surface area contributed by atoms with Crippen LogP contribution in [-0.4, -0.2) is 24.2 Å². The highest BCUT2D eigenvalue weighted by molar-refractivity contribution is 6.31. The second-order valence-electron chi connectivity index (χ2n) is 5.71. The first-order chi connectivity index (χ1) is 13.0. The predicted molar refractivity (Wildman–Crippen MR) is 109 cm³/mol. The van der Waals surface area contributed by atoms with Crippen molar-refractivity contribution >= 4 is 40.3 Å². The number of halogens is 1. The molecular weight excluding hydrogens is 366 g/mol. The Morgan fingerprint density at radius 3 is 2.33 bits per heavy atom. The fraction of sp³-hybridized carbons (Fsp3) is 0.158. The molecule has 3 aromatic rings. The Labute approximate surface area is 162 Å². The maximum Gasteiger partial charge on any atom is 0.159 e. The number of nitrogens with zero attached hydrogens (tertiary/aromatic N) is 2. The topological polar surface area (TPSA) is 94.3 Å². The average Bonchev–Trinajstić information content (AvgIpc) is 2.68. The van der Waals surface area contributed by atoms with Crippen LogP contribution in [0.25, 0.3) is 0 Å². The van der Waals surface area contributed by atoms with E-state index in [4.69, 9.17) is 26.8 Å². The molecule has 0 aliphatic rings. The number of hydrogen-bond donors (Lipinski definition) is 3. The van der Waals surface area contributed by atoms with E-state index in [1.807, 2.05) is 31.2 Å². The molecule has 2 aromatic carbocycles. The minimum atomic E-state index is 0.363. The summed E-state index contributed by atoms with van der Waals surface area (Å²) in [6.45, 7) is 1.92. The molecule has 7 nitrogen and oxygen atoms in total. The van der Waals surface area contributed by atoms with Crippen molar-refractivity contribution in [3.63, 3.8) is 0 Å². The third-order valence-corrected chi connectivity index (χ3v) is 4.47. The molecule has 4 N–H and O–H groups in total. The van der Waals surface area contributed by atoms with Crippen LogP contribution in [0.4, 0.5) is 28.7 Å². The summed E-state index contributed by atoms with van der Waals surface area (Å²) in [4.78, 5) is 8.47. The highest BCUT2D eigenvalue weighted by atomic mass is 35.5. The summed E-state index contributed by atoms with van der Waals surface area (Å²) in [6, 6.07) is 11.0. The van der Waals surface area contributed by atoms with Crippen molar-refractivity contribution in [2.24, 2.45) is 0 Å². The van der Waals surface area contributed by atoms with Gasteiger partial charge in [0.15, 0.2) is 11.6 Å². The molecule has 27 heavy (non-hydrogen) atoms. The second kappa shape index (κ2) is 8.01. The quantitative estimate of drug-likeness (QED) is 0.574. The van der Waals surface area contributed by atoms with Crippen molar-refractivity contribution in [3.8, 4) is 11.5 Å². The summed E-state index contributed by atoms with van der Waals surface area (Å²) in [5, 5.41) is 7.03. The largest absolute Gasteiger partial charge is 0.497 e. The van der Waals surface area contributed by atoms with E-state index in [1.54, 1.807) is 26.4 Å². The number of hydrogen-bond acceptors (Lipinski definition) is 7. The zero-order valence-corrected chi connectivity index (χ0v) is 16.0. The Balaban J connectivity index is 1.93. The van der Waals surface area contributed by atoms with Gasteiger partial charge >= 0.3 is 0 Å². The van der Waals surface area contributed by atoms with Gasteiger partial charge < -0.3 is 25.8 Å². The summed E-state index contributed by atoms with van der Waals surface area (Å²) in [5.74, 6) is 2.23. The summed E-state index contributed by atoms with van der Waals surface area (Å²) in [5.41, 5.74) is 9.03. The second-order valence-corrected chi connectivity index (χ2v) is 6.12. The van der Waals surface area contributed by atoms with Crippen LogP contribution >= 0.6 is 11.6 Å². The van der Waals surface area contributed by atoms with E-state index < -0.39 is 0 Å². The molecule has 1 heterocycles. The highest BCUT2D eigenvalue weighted by Gasteiger charge is 2.13. The molecule has 0 atom stereocenters. The number of nitrogen functional groups attached to an aromatic ring is 1. The first-order valence-electron chi connectivity index (χ1n) is 8.15. The third-order valence-electron chi connectivity index (χ3n) is 4.06. The fourth-order valence-electron chi connectivity index (χ4n) is 2.50. The minimum Gasteiger partial charge on any atom is -0.497 e. The van der Waals surface area contributed by atoms with E-state index in [-0.39, 0.29) is 0 Å². The number of nitrogens with two attached hydrogens (primary N) is 1. The normalized spacial score (nSPS) is 10.4. The molecule has 3 rings (SSSR count). The smallest absolute Gasteiger partial charge is 0.159 e.